The van der Waals surface area contributed by atoms with Crippen molar-refractivity contribution in [1.82, 2.24) is 15.5 Å². The van der Waals surface area contributed by atoms with Crippen LogP contribution in [0.15, 0.2) is 0 Å². The molecule has 1 rings (SSSR count). The maximum Gasteiger partial charge on any atom is 0.317 e. The van der Waals surface area contributed by atoms with E-state index in [0.717, 1.165) is 13.1 Å². The first-order valence-electron chi connectivity index (χ1n) is 5.87. The minimum atomic E-state index is 0.0253. The van der Waals surface area contributed by atoms with Gasteiger partial charge in [-0.2, -0.15) is 0 Å². The monoisotopic (exact) mass is 213 g/mol. The first-order chi connectivity index (χ1) is 7.15. The summed E-state index contributed by atoms with van der Waals surface area (Å²) in [6, 6.07) is 0.754. The average Bonchev–Trinajstić information content (AvgIpc) is 2.26. The van der Waals surface area contributed by atoms with Crippen LogP contribution < -0.4 is 10.6 Å². The molecule has 4 heteroatoms. The van der Waals surface area contributed by atoms with Gasteiger partial charge < -0.3 is 15.5 Å². The summed E-state index contributed by atoms with van der Waals surface area (Å²) in [6.45, 7) is 6.01. The standard InChI is InChI=1S/C11H23N3O/c1-9(2)14(11(15)12-3)8-10-6-4-5-7-13-10/h9-10,13H,4-8H2,1-3H3,(H,12,15). The Morgan fingerprint density at radius 2 is 2.27 bits per heavy atom. The van der Waals surface area contributed by atoms with Crippen molar-refractivity contribution in [1.29, 1.82) is 0 Å². The molecule has 0 aromatic carbocycles. The Hall–Kier alpha value is -0.770. The van der Waals surface area contributed by atoms with E-state index >= 15 is 0 Å². The van der Waals surface area contributed by atoms with Gasteiger partial charge in [0.2, 0.25) is 0 Å². The Bertz CT molecular complexity index is 200. The van der Waals surface area contributed by atoms with Gasteiger partial charge in [-0.25, -0.2) is 4.79 Å². The van der Waals surface area contributed by atoms with Gasteiger partial charge in [-0.3, -0.25) is 0 Å². The van der Waals surface area contributed by atoms with Crippen LogP contribution in [0, 0.1) is 0 Å². The van der Waals surface area contributed by atoms with Crippen molar-refractivity contribution in [2.24, 2.45) is 0 Å². The second-order valence-corrected chi connectivity index (χ2v) is 4.45. The number of urea groups is 1. The summed E-state index contributed by atoms with van der Waals surface area (Å²) >= 11 is 0. The van der Waals surface area contributed by atoms with Gasteiger partial charge in [0.05, 0.1) is 0 Å². The van der Waals surface area contributed by atoms with Gasteiger partial charge in [0.15, 0.2) is 0 Å². The molecule has 0 aliphatic carbocycles. The summed E-state index contributed by atoms with van der Waals surface area (Å²) in [5.74, 6) is 0. The Kier molecular flexibility index (Phi) is 4.88. The second-order valence-electron chi connectivity index (χ2n) is 4.45. The van der Waals surface area contributed by atoms with Crippen LogP contribution in [0.2, 0.25) is 0 Å². The fourth-order valence-electron chi connectivity index (χ4n) is 1.99. The van der Waals surface area contributed by atoms with Crippen LogP contribution in [0.25, 0.3) is 0 Å². The van der Waals surface area contributed by atoms with Crippen LogP contribution in [0.1, 0.15) is 33.1 Å². The van der Waals surface area contributed by atoms with Crippen molar-refractivity contribution >= 4 is 6.03 Å². The molecule has 0 spiro atoms. The highest BCUT2D eigenvalue weighted by atomic mass is 16.2. The van der Waals surface area contributed by atoms with Gasteiger partial charge in [0.25, 0.3) is 0 Å². The Balaban J connectivity index is 2.46. The molecule has 0 aromatic rings. The molecule has 4 nitrogen and oxygen atoms in total. The predicted molar refractivity (Wildman–Crippen MR) is 61.9 cm³/mol. The number of piperidine rings is 1. The van der Waals surface area contributed by atoms with E-state index in [9.17, 15) is 4.79 Å². The smallest absolute Gasteiger partial charge is 0.317 e. The van der Waals surface area contributed by atoms with E-state index in [1.807, 2.05) is 4.90 Å². The molecule has 1 saturated heterocycles. The molecule has 0 radical (unpaired) electrons. The lowest BCUT2D eigenvalue weighted by molar-refractivity contribution is 0.172. The minimum Gasteiger partial charge on any atom is -0.341 e. The van der Waals surface area contributed by atoms with Gasteiger partial charge in [-0.1, -0.05) is 6.42 Å². The van der Waals surface area contributed by atoms with Crippen LogP contribution in [-0.2, 0) is 0 Å². The predicted octanol–water partition coefficient (Wildman–Crippen LogP) is 1.18. The van der Waals surface area contributed by atoms with Gasteiger partial charge in [0.1, 0.15) is 0 Å². The molecule has 1 aliphatic heterocycles. The minimum absolute atomic E-state index is 0.0253. The number of nitrogens with one attached hydrogen (secondary N) is 2. The van der Waals surface area contributed by atoms with Crippen molar-refractivity contribution in [3.63, 3.8) is 0 Å². The molecule has 1 heterocycles. The lowest BCUT2D eigenvalue weighted by Crippen LogP contribution is -2.50. The van der Waals surface area contributed by atoms with Crippen molar-refractivity contribution < 1.29 is 4.79 Å². The van der Waals surface area contributed by atoms with Gasteiger partial charge in [-0.05, 0) is 33.2 Å². The highest BCUT2D eigenvalue weighted by Gasteiger charge is 2.21. The zero-order chi connectivity index (χ0) is 11.3. The number of carbonyl (C=O) groups excluding carboxylic acids is 1. The molecule has 0 bridgehead atoms. The largest absolute Gasteiger partial charge is 0.341 e. The lowest BCUT2D eigenvalue weighted by atomic mass is 10.0. The third-order valence-corrected chi connectivity index (χ3v) is 2.93. The fourth-order valence-corrected chi connectivity index (χ4v) is 1.99. The first kappa shape index (κ1) is 12.3. The SMILES string of the molecule is CNC(=O)N(CC1CCCCN1)C(C)C. The summed E-state index contributed by atoms with van der Waals surface area (Å²) in [5, 5.41) is 6.16. The molecule has 1 fully saturated rings. The Morgan fingerprint density at radius 3 is 2.73 bits per heavy atom. The van der Waals surface area contributed by atoms with E-state index in [2.05, 4.69) is 24.5 Å². The highest BCUT2D eigenvalue weighted by molar-refractivity contribution is 5.74. The van der Waals surface area contributed by atoms with Crippen LogP contribution >= 0.6 is 0 Å². The second kappa shape index (κ2) is 5.95. The number of hydrogen-bond acceptors (Lipinski definition) is 2. The molecule has 88 valence electrons. The van der Waals surface area contributed by atoms with E-state index in [1.54, 1.807) is 7.05 Å². The molecule has 0 saturated carbocycles. The zero-order valence-corrected chi connectivity index (χ0v) is 10.0. The molecule has 2 N–H and O–H groups in total. The van der Waals surface area contributed by atoms with Crippen LogP contribution in [0.3, 0.4) is 0 Å². The van der Waals surface area contributed by atoms with E-state index < -0.39 is 0 Å². The molecule has 0 aromatic heterocycles. The zero-order valence-electron chi connectivity index (χ0n) is 10.0. The van der Waals surface area contributed by atoms with Crippen LogP contribution in [0.5, 0.6) is 0 Å². The summed E-state index contributed by atoms with van der Waals surface area (Å²) in [6.07, 6.45) is 3.72. The lowest BCUT2D eigenvalue weighted by Gasteiger charge is -2.32. The average molecular weight is 213 g/mol. The van der Waals surface area contributed by atoms with Gasteiger partial charge in [-0.15, -0.1) is 0 Å². The van der Waals surface area contributed by atoms with E-state index in [0.29, 0.717) is 6.04 Å². The third kappa shape index (κ3) is 3.70. The van der Waals surface area contributed by atoms with Crippen molar-refractivity contribution in [2.75, 3.05) is 20.1 Å². The van der Waals surface area contributed by atoms with E-state index in [-0.39, 0.29) is 12.1 Å². The van der Waals surface area contributed by atoms with Crippen LogP contribution in [-0.4, -0.2) is 43.2 Å². The summed E-state index contributed by atoms with van der Waals surface area (Å²) in [4.78, 5) is 13.5. The first-order valence-corrected chi connectivity index (χ1v) is 5.87. The molecule has 15 heavy (non-hydrogen) atoms. The van der Waals surface area contributed by atoms with Crippen molar-refractivity contribution in [2.45, 2.75) is 45.2 Å². The Labute approximate surface area is 92.4 Å². The van der Waals surface area contributed by atoms with Crippen molar-refractivity contribution in [3.8, 4) is 0 Å². The number of nitrogens with zero attached hydrogens (tertiary/aromatic N) is 1. The number of amides is 2. The van der Waals surface area contributed by atoms with Gasteiger partial charge in [0, 0.05) is 25.7 Å². The summed E-state index contributed by atoms with van der Waals surface area (Å²) < 4.78 is 0. The fraction of sp³-hybridized carbons (Fsp3) is 0.909. The maximum absolute atomic E-state index is 11.6. The molecule has 1 unspecified atom stereocenters. The number of hydrogen-bond donors (Lipinski definition) is 2. The molecular formula is C11H23N3O. The molecule has 1 aliphatic rings. The van der Waals surface area contributed by atoms with E-state index in [1.165, 1.54) is 19.3 Å². The normalized spacial score (nSPS) is 21.5. The third-order valence-electron chi connectivity index (χ3n) is 2.93. The quantitative estimate of drug-likeness (QED) is 0.739. The van der Waals surface area contributed by atoms with Gasteiger partial charge >= 0.3 is 6.03 Å². The summed E-state index contributed by atoms with van der Waals surface area (Å²) in [7, 11) is 1.69. The number of carbonyl (C=O) groups is 1. The van der Waals surface area contributed by atoms with Crippen LogP contribution in [0.4, 0.5) is 4.79 Å². The maximum atomic E-state index is 11.6. The molecular weight excluding hydrogens is 190 g/mol. The number of rotatable bonds is 3. The molecule has 1 atom stereocenters. The van der Waals surface area contributed by atoms with E-state index in [4.69, 9.17) is 0 Å². The topological polar surface area (TPSA) is 44.4 Å². The molecule has 2 amide bonds. The van der Waals surface area contributed by atoms with Crippen molar-refractivity contribution in [3.05, 3.63) is 0 Å². The highest BCUT2D eigenvalue weighted by Crippen LogP contribution is 2.10. The summed E-state index contributed by atoms with van der Waals surface area (Å²) in [5.41, 5.74) is 0. The Morgan fingerprint density at radius 1 is 1.53 bits per heavy atom.